The quantitative estimate of drug-likeness (QED) is 0.499. The van der Waals surface area contributed by atoms with Crippen LogP contribution in [0.25, 0.3) is 0 Å². The number of hydrogen-bond donors (Lipinski definition) is 1. The second-order valence-electron chi connectivity index (χ2n) is 11.4. The van der Waals surface area contributed by atoms with Crippen LogP contribution < -0.4 is 10.1 Å². The summed E-state index contributed by atoms with van der Waals surface area (Å²) >= 11 is 0. The molecular formula is C30H38N2O. The first-order valence-electron chi connectivity index (χ1n) is 13.3. The van der Waals surface area contributed by atoms with Gasteiger partial charge in [-0.15, -0.1) is 0 Å². The fourth-order valence-corrected chi connectivity index (χ4v) is 7.84. The molecule has 0 radical (unpaired) electrons. The van der Waals surface area contributed by atoms with Gasteiger partial charge in [0.15, 0.2) is 0 Å². The van der Waals surface area contributed by atoms with Gasteiger partial charge >= 0.3 is 0 Å². The van der Waals surface area contributed by atoms with Crippen LogP contribution in [0.3, 0.4) is 0 Å². The highest BCUT2D eigenvalue weighted by molar-refractivity contribution is 6.14. The van der Waals surface area contributed by atoms with Crippen LogP contribution in [0.5, 0.6) is 5.75 Å². The molecule has 0 spiro atoms. The van der Waals surface area contributed by atoms with E-state index in [1.807, 2.05) is 0 Å². The Morgan fingerprint density at radius 1 is 0.970 bits per heavy atom. The van der Waals surface area contributed by atoms with E-state index in [0.717, 1.165) is 42.1 Å². The number of hydrogen-bond acceptors (Lipinski definition) is 3. The molecule has 3 heteroatoms. The molecule has 1 N–H and O–H groups in total. The van der Waals surface area contributed by atoms with E-state index in [1.165, 1.54) is 73.7 Å². The SMILES string of the molecule is CCCC[C@H]1Cc2c(OC)cccc2C(c2ccc(NC34CC5CC(CC(C5)C3)C4)cc2)=N1. The number of anilines is 1. The van der Waals surface area contributed by atoms with E-state index in [-0.39, 0.29) is 0 Å². The zero-order valence-corrected chi connectivity index (χ0v) is 20.3. The lowest BCUT2D eigenvalue weighted by Crippen LogP contribution is -2.54. The molecule has 3 nitrogen and oxygen atoms in total. The van der Waals surface area contributed by atoms with Crippen LogP contribution in [0, 0.1) is 17.8 Å². The first kappa shape index (κ1) is 21.3. The lowest BCUT2D eigenvalue weighted by Gasteiger charge is -2.57. The summed E-state index contributed by atoms with van der Waals surface area (Å²) in [4.78, 5) is 5.26. The van der Waals surface area contributed by atoms with Gasteiger partial charge in [-0.2, -0.15) is 0 Å². The van der Waals surface area contributed by atoms with Gasteiger partial charge in [0, 0.05) is 27.9 Å². The van der Waals surface area contributed by atoms with Crippen molar-refractivity contribution in [1.82, 2.24) is 0 Å². The molecule has 0 amide bonds. The van der Waals surface area contributed by atoms with Crippen LogP contribution in [-0.4, -0.2) is 24.4 Å². The van der Waals surface area contributed by atoms with E-state index < -0.39 is 0 Å². The standard InChI is InChI=1S/C30H38N2O/c1-3-4-6-25-16-27-26(7-5-8-28(27)33-2)29(31-25)23-9-11-24(12-10-23)32-30-17-20-13-21(18-30)15-22(14-20)19-30/h5,7-12,20-22,25,32H,3-4,6,13-19H2,1-2H3/t20?,21?,22?,25-,30?/m0/s1. The van der Waals surface area contributed by atoms with Gasteiger partial charge in [-0.05, 0) is 87.3 Å². The Labute approximate surface area is 199 Å². The van der Waals surface area contributed by atoms with Crippen molar-refractivity contribution in [2.24, 2.45) is 22.7 Å². The molecule has 1 atom stereocenters. The summed E-state index contributed by atoms with van der Waals surface area (Å²) in [5, 5.41) is 4.03. The molecule has 4 aliphatic carbocycles. The summed E-state index contributed by atoms with van der Waals surface area (Å²) in [6.07, 6.45) is 13.1. The van der Waals surface area contributed by atoms with Gasteiger partial charge in [-0.3, -0.25) is 4.99 Å². The monoisotopic (exact) mass is 442 g/mol. The van der Waals surface area contributed by atoms with Crippen LogP contribution in [0.1, 0.15) is 81.4 Å². The Balaban J connectivity index is 1.27. The maximum atomic E-state index is 5.74. The number of nitrogens with zero attached hydrogens (tertiary/aromatic N) is 1. The Morgan fingerprint density at radius 2 is 1.67 bits per heavy atom. The van der Waals surface area contributed by atoms with Crippen molar-refractivity contribution in [3.8, 4) is 5.75 Å². The second-order valence-corrected chi connectivity index (χ2v) is 11.4. The van der Waals surface area contributed by atoms with Crippen LogP contribution in [-0.2, 0) is 6.42 Å². The largest absolute Gasteiger partial charge is 0.496 e. The van der Waals surface area contributed by atoms with Gasteiger partial charge < -0.3 is 10.1 Å². The third-order valence-corrected chi connectivity index (χ3v) is 8.86. The van der Waals surface area contributed by atoms with E-state index in [0.29, 0.717) is 11.6 Å². The van der Waals surface area contributed by atoms with Crippen molar-refractivity contribution in [3.05, 3.63) is 59.2 Å². The van der Waals surface area contributed by atoms with Gasteiger partial charge in [0.25, 0.3) is 0 Å². The maximum Gasteiger partial charge on any atom is 0.122 e. The molecule has 4 fully saturated rings. The molecule has 0 unspecified atom stereocenters. The summed E-state index contributed by atoms with van der Waals surface area (Å²) in [6.45, 7) is 2.26. The number of unbranched alkanes of at least 4 members (excludes halogenated alkanes) is 1. The average Bonchev–Trinajstić information content (AvgIpc) is 2.81. The minimum atomic E-state index is 0.341. The number of nitrogens with one attached hydrogen (secondary N) is 1. The average molecular weight is 443 g/mol. The first-order chi connectivity index (χ1) is 16.1. The van der Waals surface area contributed by atoms with E-state index in [2.05, 4.69) is 54.7 Å². The fourth-order valence-electron chi connectivity index (χ4n) is 7.84. The van der Waals surface area contributed by atoms with Crippen molar-refractivity contribution in [2.75, 3.05) is 12.4 Å². The third kappa shape index (κ3) is 3.98. The molecule has 174 valence electrons. The van der Waals surface area contributed by atoms with E-state index >= 15 is 0 Å². The second kappa shape index (κ2) is 8.49. The van der Waals surface area contributed by atoms with Crippen molar-refractivity contribution < 1.29 is 4.74 Å². The topological polar surface area (TPSA) is 33.6 Å². The Morgan fingerprint density at radius 3 is 2.30 bits per heavy atom. The number of ether oxygens (including phenoxy) is 1. The predicted octanol–water partition coefficient (Wildman–Crippen LogP) is 7.03. The number of fused-ring (bicyclic) bond motifs is 1. The third-order valence-electron chi connectivity index (χ3n) is 8.86. The van der Waals surface area contributed by atoms with Crippen LogP contribution in [0.2, 0.25) is 0 Å². The summed E-state index contributed by atoms with van der Waals surface area (Å²) in [7, 11) is 1.78. The van der Waals surface area contributed by atoms with Gasteiger partial charge in [-0.1, -0.05) is 44.0 Å². The number of methoxy groups -OCH3 is 1. The zero-order valence-electron chi connectivity index (χ0n) is 20.3. The molecule has 4 bridgehead atoms. The molecule has 2 aromatic rings. The van der Waals surface area contributed by atoms with Gasteiger partial charge in [-0.25, -0.2) is 0 Å². The summed E-state index contributed by atoms with van der Waals surface area (Å²) in [5.41, 5.74) is 6.56. The molecule has 1 aliphatic heterocycles. The summed E-state index contributed by atoms with van der Waals surface area (Å²) in [6, 6.07) is 15.9. The molecule has 5 aliphatic rings. The van der Waals surface area contributed by atoms with Crippen LogP contribution in [0.15, 0.2) is 47.5 Å². The Hall–Kier alpha value is -2.29. The smallest absolute Gasteiger partial charge is 0.122 e. The number of aliphatic imine (C=N–C) groups is 1. The Kier molecular flexibility index (Phi) is 5.47. The lowest BCUT2D eigenvalue weighted by atomic mass is 9.53. The van der Waals surface area contributed by atoms with Crippen molar-refractivity contribution >= 4 is 11.4 Å². The zero-order chi connectivity index (χ0) is 22.4. The van der Waals surface area contributed by atoms with Gasteiger partial charge in [0.2, 0.25) is 0 Å². The summed E-state index contributed by atoms with van der Waals surface area (Å²) in [5.74, 6) is 3.89. The number of rotatable bonds is 7. The molecule has 7 rings (SSSR count). The first-order valence-corrected chi connectivity index (χ1v) is 13.3. The highest BCUT2D eigenvalue weighted by Crippen LogP contribution is 2.56. The molecule has 2 aromatic carbocycles. The normalized spacial score (nSPS) is 31.8. The van der Waals surface area contributed by atoms with E-state index in [9.17, 15) is 0 Å². The molecule has 33 heavy (non-hydrogen) atoms. The highest BCUT2D eigenvalue weighted by atomic mass is 16.5. The fraction of sp³-hybridized carbons (Fsp3) is 0.567. The minimum Gasteiger partial charge on any atom is -0.496 e. The van der Waals surface area contributed by atoms with Gasteiger partial charge in [0.1, 0.15) is 5.75 Å². The molecule has 4 saturated carbocycles. The summed E-state index contributed by atoms with van der Waals surface area (Å²) < 4.78 is 5.74. The molecule has 1 heterocycles. The van der Waals surface area contributed by atoms with Crippen LogP contribution in [0.4, 0.5) is 5.69 Å². The molecule has 0 saturated heterocycles. The van der Waals surface area contributed by atoms with Crippen molar-refractivity contribution in [3.63, 3.8) is 0 Å². The highest BCUT2D eigenvalue weighted by Gasteiger charge is 2.50. The number of benzene rings is 2. The molecule has 0 aromatic heterocycles. The van der Waals surface area contributed by atoms with Crippen molar-refractivity contribution in [2.45, 2.75) is 82.7 Å². The van der Waals surface area contributed by atoms with E-state index in [1.54, 1.807) is 7.11 Å². The van der Waals surface area contributed by atoms with Gasteiger partial charge in [0.05, 0.1) is 18.9 Å². The molecular weight excluding hydrogens is 404 g/mol. The van der Waals surface area contributed by atoms with Crippen LogP contribution >= 0.6 is 0 Å². The van der Waals surface area contributed by atoms with E-state index in [4.69, 9.17) is 9.73 Å². The predicted molar refractivity (Wildman–Crippen MR) is 137 cm³/mol. The Bertz CT molecular complexity index is 1000. The maximum absolute atomic E-state index is 5.74. The lowest BCUT2D eigenvalue weighted by molar-refractivity contribution is 0.0107. The minimum absolute atomic E-state index is 0.341. The van der Waals surface area contributed by atoms with Crippen molar-refractivity contribution in [1.29, 1.82) is 0 Å².